The summed E-state index contributed by atoms with van der Waals surface area (Å²) in [6, 6.07) is 5.13. The van der Waals surface area contributed by atoms with Gasteiger partial charge < -0.3 is 19.5 Å². The number of benzene rings is 1. The Labute approximate surface area is 168 Å². The van der Waals surface area contributed by atoms with Gasteiger partial charge >= 0.3 is 6.03 Å². The number of urea groups is 1. The van der Waals surface area contributed by atoms with Crippen molar-refractivity contribution in [2.24, 2.45) is 7.05 Å². The van der Waals surface area contributed by atoms with Crippen molar-refractivity contribution in [1.82, 2.24) is 24.8 Å². The number of amides is 2. The van der Waals surface area contributed by atoms with Crippen LogP contribution < -0.4 is 5.32 Å². The number of fused-ring (bicyclic) bond motifs is 1. The van der Waals surface area contributed by atoms with E-state index in [4.69, 9.17) is 9.26 Å². The zero-order chi connectivity index (χ0) is 20.1. The van der Waals surface area contributed by atoms with Crippen molar-refractivity contribution >= 4 is 22.6 Å². The van der Waals surface area contributed by atoms with Crippen LogP contribution in [0.5, 0.6) is 0 Å². The van der Waals surface area contributed by atoms with Crippen molar-refractivity contribution in [3.63, 3.8) is 0 Å². The van der Waals surface area contributed by atoms with E-state index < -0.39 is 6.04 Å². The number of morpholine rings is 1. The maximum Gasteiger partial charge on any atom is 0.322 e. The predicted molar refractivity (Wildman–Crippen MR) is 106 cm³/mol. The van der Waals surface area contributed by atoms with Gasteiger partial charge in [-0.2, -0.15) is 10.1 Å². The van der Waals surface area contributed by atoms with Gasteiger partial charge in [0.05, 0.1) is 18.2 Å². The fourth-order valence-electron chi connectivity index (χ4n) is 3.86. The Balaban J connectivity index is 1.39. The highest BCUT2D eigenvalue weighted by Crippen LogP contribution is 2.39. The summed E-state index contributed by atoms with van der Waals surface area (Å²) in [6.45, 7) is 4.86. The molecule has 1 N–H and O–H groups in total. The molecule has 2 atom stereocenters. The first-order valence-electron chi connectivity index (χ1n) is 9.97. The molecule has 5 rings (SSSR count). The van der Waals surface area contributed by atoms with Gasteiger partial charge in [0.1, 0.15) is 6.04 Å². The molecular weight excluding hydrogens is 372 g/mol. The minimum Gasteiger partial charge on any atom is -0.374 e. The van der Waals surface area contributed by atoms with E-state index in [9.17, 15) is 4.79 Å². The maximum atomic E-state index is 13.1. The molecule has 1 aliphatic heterocycles. The molecule has 2 amide bonds. The van der Waals surface area contributed by atoms with Gasteiger partial charge in [-0.05, 0) is 44.9 Å². The minimum absolute atomic E-state index is 0.219. The smallest absolute Gasteiger partial charge is 0.322 e. The average Bonchev–Trinajstić information content (AvgIpc) is 3.37. The van der Waals surface area contributed by atoms with E-state index in [1.54, 1.807) is 4.90 Å². The van der Waals surface area contributed by atoms with E-state index in [1.807, 2.05) is 43.8 Å². The largest absolute Gasteiger partial charge is 0.374 e. The second kappa shape index (κ2) is 6.84. The number of hydrogen-bond acceptors (Lipinski definition) is 6. The number of rotatable bonds is 3. The molecule has 1 saturated heterocycles. The predicted octanol–water partition coefficient (Wildman–Crippen LogP) is 3.14. The van der Waals surface area contributed by atoms with E-state index in [1.165, 1.54) is 0 Å². The van der Waals surface area contributed by atoms with Gasteiger partial charge in [-0.15, -0.1) is 0 Å². The third-order valence-corrected chi connectivity index (χ3v) is 5.79. The van der Waals surface area contributed by atoms with E-state index in [-0.39, 0.29) is 12.1 Å². The second-order valence-electron chi connectivity index (χ2n) is 7.85. The number of carbonyl (C=O) groups is 1. The number of aryl methyl sites for hydroxylation is 2. The van der Waals surface area contributed by atoms with Crippen LogP contribution in [0.2, 0.25) is 0 Å². The summed E-state index contributed by atoms with van der Waals surface area (Å²) in [5, 5.41) is 12.6. The van der Waals surface area contributed by atoms with Crippen LogP contribution >= 0.6 is 0 Å². The third-order valence-electron chi connectivity index (χ3n) is 5.79. The molecule has 3 aromatic rings. The number of nitrogens with one attached hydrogen (secondary N) is 1. The summed E-state index contributed by atoms with van der Waals surface area (Å²) >= 11 is 0. The van der Waals surface area contributed by atoms with Gasteiger partial charge in [-0.25, -0.2) is 4.79 Å². The molecule has 2 aromatic heterocycles. The summed E-state index contributed by atoms with van der Waals surface area (Å²) in [6.07, 6.45) is 1.95. The molecule has 29 heavy (non-hydrogen) atoms. The number of hydrogen-bond donors (Lipinski definition) is 1. The van der Waals surface area contributed by atoms with Crippen LogP contribution in [0, 0.1) is 6.92 Å². The summed E-state index contributed by atoms with van der Waals surface area (Å²) in [5.74, 6) is 1.56. The molecule has 2 fully saturated rings. The summed E-state index contributed by atoms with van der Waals surface area (Å²) < 4.78 is 13.1. The maximum absolute atomic E-state index is 13.1. The third kappa shape index (κ3) is 3.25. The number of ether oxygens (including phenoxy) is 1. The lowest BCUT2D eigenvalue weighted by molar-refractivity contribution is -0.0525. The van der Waals surface area contributed by atoms with Crippen LogP contribution in [0.4, 0.5) is 10.5 Å². The van der Waals surface area contributed by atoms with Crippen LogP contribution in [-0.2, 0) is 11.8 Å². The van der Waals surface area contributed by atoms with Crippen molar-refractivity contribution in [3.8, 4) is 0 Å². The lowest BCUT2D eigenvalue weighted by atomic mass is 10.1. The van der Waals surface area contributed by atoms with Crippen LogP contribution in [-0.4, -0.2) is 50.1 Å². The average molecular weight is 396 g/mol. The van der Waals surface area contributed by atoms with Crippen molar-refractivity contribution in [2.45, 2.75) is 44.8 Å². The molecule has 0 unspecified atom stereocenters. The fourth-order valence-corrected chi connectivity index (χ4v) is 3.86. The molecule has 0 radical (unpaired) electrons. The van der Waals surface area contributed by atoms with Crippen LogP contribution in [0.25, 0.3) is 10.9 Å². The van der Waals surface area contributed by atoms with E-state index in [0.717, 1.165) is 35.3 Å². The number of carbonyl (C=O) groups excluding carboxylic acids is 1. The standard InChI is InChI=1S/C20H24N6O3/c1-11-15-7-6-14(10-16(15)23-25(11)3)21-20(27)26-8-9-28-12(2)17(26)19-22-18(24-29-19)13-4-5-13/h6-7,10,12-13,17H,4-5,8-9H2,1-3H3,(H,21,27)/t12-,17+/m1/s1. The minimum atomic E-state index is -0.412. The van der Waals surface area contributed by atoms with Crippen LogP contribution in [0.15, 0.2) is 22.7 Å². The lowest BCUT2D eigenvalue weighted by Gasteiger charge is -2.37. The molecule has 0 spiro atoms. The first-order chi connectivity index (χ1) is 14.0. The molecule has 1 saturated carbocycles. The van der Waals surface area contributed by atoms with Gasteiger partial charge in [0.2, 0.25) is 0 Å². The Hall–Kier alpha value is -2.94. The molecular formula is C20H24N6O3. The van der Waals surface area contributed by atoms with Gasteiger partial charge in [-0.1, -0.05) is 5.16 Å². The lowest BCUT2D eigenvalue weighted by Crippen LogP contribution is -2.49. The quantitative estimate of drug-likeness (QED) is 0.730. The molecule has 2 aliphatic rings. The monoisotopic (exact) mass is 396 g/mol. The van der Waals surface area contributed by atoms with Gasteiger partial charge in [0.25, 0.3) is 5.89 Å². The molecule has 0 bridgehead atoms. The van der Waals surface area contributed by atoms with E-state index in [2.05, 4.69) is 20.6 Å². The summed E-state index contributed by atoms with van der Waals surface area (Å²) in [7, 11) is 1.91. The Morgan fingerprint density at radius 1 is 1.31 bits per heavy atom. The molecule has 3 heterocycles. The SMILES string of the molecule is Cc1c2ccc(NC(=O)N3CCO[C@H](C)[C@H]3c3nc(C4CC4)no3)cc2nn1C. The van der Waals surface area contributed by atoms with Crippen molar-refractivity contribution in [1.29, 1.82) is 0 Å². The van der Waals surface area contributed by atoms with Crippen LogP contribution in [0.3, 0.4) is 0 Å². The first kappa shape index (κ1) is 18.1. The zero-order valence-corrected chi connectivity index (χ0v) is 16.8. The Morgan fingerprint density at radius 3 is 2.93 bits per heavy atom. The van der Waals surface area contributed by atoms with Gasteiger partial charge in [-0.3, -0.25) is 4.68 Å². The van der Waals surface area contributed by atoms with Crippen LogP contribution in [0.1, 0.15) is 49.1 Å². The van der Waals surface area contributed by atoms with E-state index >= 15 is 0 Å². The molecule has 1 aliphatic carbocycles. The summed E-state index contributed by atoms with van der Waals surface area (Å²) in [4.78, 5) is 19.4. The molecule has 9 heteroatoms. The number of aromatic nitrogens is 4. The molecule has 1 aromatic carbocycles. The summed E-state index contributed by atoms with van der Waals surface area (Å²) in [5.41, 5.74) is 2.63. The highest BCUT2D eigenvalue weighted by Gasteiger charge is 2.39. The Morgan fingerprint density at radius 2 is 2.14 bits per heavy atom. The Kier molecular flexibility index (Phi) is 4.27. The fraction of sp³-hybridized carbons (Fsp3) is 0.500. The van der Waals surface area contributed by atoms with Crippen molar-refractivity contribution < 1.29 is 14.1 Å². The van der Waals surface area contributed by atoms with Gasteiger partial charge in [0, 0.05) is 36.3 Å². The normalized spacial score (nSPS) is 22.2. The second-order valence-corrected chi connectivity index (χ2v) is 7.85. The van der Waals surface area contributed by atoms with Crippen molar-refractivity contribution in [3.05, 3.63) is 35.6 Å². The first-order valence-corrected chi connectivity index (χ1v) is 9.97. The topological polar surface area (TPSA) is 98.3 Å². The number of anilines is 1. The highest BCUT2D eigenvalue weighted by atomic mass is 16.5. The Bertz CT molecular complexity index is 1070. The van der Waals surface area contributed by atoms with Crippen molar-refractivity contribution in [2.75, 3.05) is 18.5 Å². The van der Waals surface area contributed by atoms with E-state index in [0.29, 0.717) is 30.6 Å². The zero-order valence-electron chi connectivity index (χ0n) is 16.8. The molecule has 9 nitrogen and oxygen atoms in total. The molecule has 152 valence electrons. The highest BCUT2D eigenvalue weighted by molar-refractivity contribution is 5.93. The van der Waals surface area contributed by atoms with Gasteiger partial charge in [0.15, 0.2) is 5.82 Å². The number of nitrogens with zero attached hydrogens (tertiary/aromatic N) is 5.